The average molecular weight is 430 g/mol. The highest BCUT2D eigenvalue weighted by Crippen LogP contribution is 2.31. The van der Waals surface area contributed by atoms with Crippen molar-refractivity contribution in [3.63, 3.8) is 0 Å². The summed E-state index contributed by atoms with van der Waals surface area (Å²) >= 11 is 1.51. The van der Waals surface area contributed by atoms with Gasteiger partial charge in [0.25, 0.3) is 5.91 Å². The number of hydrogen-bond acceptors (Lipinski definition) is 4. The number of rotatable bonds is 6. The number of sulfonamides is 1. The van der Waals surface area contributed by atoms with E-state index in [0.29, 0.717) is 0 Å². The maximum absolute atomic E-state index is 13.1. The second kappa shape index (κ2) is 7.78. The number of carbonyl (C=O) groups excluding carboxylic acids is 1. The van der Waals surface area contributed by atoms with Gasteiger partial charge in [0.05, 0.1) is 6.04 Å². The van der Waals surface area contributed by atoms with Gasteiger partial charge in [-0.15, -0.1) is 11.3 Å². The van der Waals surface area contributed by atoms with Gasteiger partial charge in [0.2, 0.25) is 10.0 Å². The van der Waals surface area contributed by atoms with E-state index in [-0.39, 0.29) is 10.6 Å². The Kier molecular flexibility index (Phi) is 5.33. The number of aryl methyl sites for hydroxylation is 3. The molecular weight excluding hydrogens is 406 g/mol. The van der Waals surface area contributed by atoms with Gasteiger partial charge in [-0.1, -0.05) is 24.3 Å². The molecule has 0 saturated carbocycles. The standard InChI is InChI=1S/C21H23N3O3S2/c1-24-13-17(12-18(24)21(22)25)29(26,27)23-20(19-7-4-10-28-19)16-9-8-14-5-2-3-6-15(14)11-16/h4,7-13,20,23H,2-3,5-6H2,1H3,(H2,22,25)/t20-/m0/s1. The molecule has 2 aromatic heterocycles. The lowest BCUT2D eigenvalue weighted by atomic mass is 9.89. The molecule has 8 heteroatoms. The van der Waals surface area contributed by atoms with Crippen LogP contribution in [0.15, 0.2) is 52.9 Å². The van der Waals surface area contributed by atoms with Crippen molar-refractivity contribution in [2.24, 2.45) is 12.8 Å². The molecule has 1 amide bonds. The van der Waals surface area contributed by atoms with E-state index in [2.05, 4.69) is 16.9 Å². The van der Waals surface area contributed by atoms with Crippen LogP contribution in [-0.4, -0.2) is 18.9 Å². The first-order valence-corrected chi connectivity index (χ1v) is 11.8. The molecule has 0 spiro atoms. The number of carbonyl (C=O) groups is 1. The van der Waals surface area contributed by atoms with Gasteiger partial charge in [0.1, 0.15) is 10.6 Å². The summed E-state index contributed by atoms with van der Waals surface area (Å²) in [5, 5.41) is 1.93. The number of amides is 1. The Balaban J connectivity index is 1.72. The Hall–Kier alpha value is -2.42. The second-order valence-corrected chi connectivity index (χ2v) is 10.0. The van der Waals surface area contributed by atoms with E-state index in [0.717, 1.165) is 29.7 Å². The molecule has 0 unspecified atom stereocenters. The molecule has 0 fully saturated rings. The number of hydrogen-bond donors (Lipinski definition) is 2. The normalized spacial score (nSPS) is 15.1. The summed E-state index contributed by atoms with van der Waals surface area (Å²) in [6.45, 7) is 0. The van der Waals surface area contributed by atoms with Crippen LogP contribution < -0.4 is 10.5 Å². The number of nitrogens with one attached hydrogen (secondary N) is 1. The molecule has 2 heterocycles. The highest BCUT2D eigenvalue weighted by atomic mass is 32.2. The van der Waals surface area contributed by atoms with Crippen molar-refractivity contribution in [2.75, 3.05) is 0 Å². The van der Waals surface area contributed by atoms with Crippen LogP contribution in [-0.2, 0) is 29.9 Å². The van der Waals surface area contributed by atoms with E-state index in [4.69, 9.17) is 5.73 Å². The van der Waals surface area contributed by atoms with E-state index in [1.165, 1.54) is 45.7 Å². The molecule has 152 valence electrons. The molecule has 0 aliphatic heterocycles. The number of aromatic nitrogens is 1. The van der Waals surface area contributed by atoms with Gasteiger partial charge < -0.3 is 10.3 Å². The highest BCUT2D eigenvalue weighted by molar-refractivity contribution is 7.89. The van der Waals surface area contributed by atoms with E-state index in [1.807, 2.05) is 23.6 Å². The van der Waals surface area contributed by atoms with Crippen molar-refractivity contribution >= 4 is 27.3 Å². The summed E-state index contributed by atoms with van der Waals surface area (Å²) in [6, 6.07) is 10.9. The van der Waals surface area contributed by atoms with Crippen LogP contribution in [0.5, 0.6) is 0 Å². The Bertz CT molecular complexity index is 1150. The maximum Gasteiger partial charge on any atom is 0.265 e. The number of nitrogens with two attached hydrogens (primary N) is 1. The van der Waals surface area contributed by atoms with Gasteiger partial charge in [-0.25, -0.2) is 8.42 Å². The van der Waals surface area contributed by atoms with Crippen molar-refractivity contribution in [1.82, 2.24) is 9.29 Å². The summed E-state index contributed by atoms with van der Waals surface area (Å²) in [4.78, 5) is 12.5. The van der Waals surface area contributed by atoms with Gasteiger partial charge in [-0.2, -0.15) is 4.72 Å². The largest absolute Gasteiger partial charge is 0.364 e. The lowest BCUT2D eigenvalue weighted by molar-refractivity contribution is 0.0992. The zero-order chi connectivity index (χ0) is 20.6. The molecule has 1 aliphatic carbocycles. The van der Waals surface area contributed by atoms with Crippen LogP contribution in [0, 0.1) is 0 Å². The number of primary amides is 1. The van der Waals surface area contributed by atoms with Crippen molar-refractivity contribution in [3.05, 3.63) is 75.2 Å². The van der Waals surface area contributed by atoms with Crippen molar-refractivity contribution in [2.45, 2.75) is 36.6 Å². The van der Waals surface area contributed by atoms with E-state index in [9.17, 15) is 13.2 Å². The zero-order valence-electron chi connectivity index (χ0n) is 16.1. The topological polar surface area (TPSA) is 94.2 Å². The monoisotopic (exact) mass is 429 g/mol. The average Bonchev–Trinajstić information content (AvgIpc) is 3.36. The molecule has 3 aromatic rings. The second-order valence-electron chi connectivity index (χ2n) is 7.34. The molecular formula is C21H23N3O3S2. The predicted octanol–water partition coefficient (Wildman–Crippen LogP) is 3.13. The molecule has 0 radical (unpaired) electrons. The minimum absolute atomic E-state index is 0.0216. The van der Waals surface area contributed by atoms with Gasteiger partial charge in [0.15, 0.2) is 0 Å². The summed E-state index contributed by atoms with van der Waals surface area (Å²) < 4.78 is 30.5. The van der Waals surface area contributed by atoms with Crippen LogP contribution in [0.1, 0.15) is 50.9 Å². The third kappa shape index (κ3) is 4.01. The molecule has 0 bridgehead atoms. The fourth-order valence-electron chi connectivity index (χ4n) is 3.83. The van der Waals surface area contributed by atoms with E-state index >= 15 is 0 Å². The Labute approximate surface area is 174 Å². The molecule has 1 aliphatic rings. The minimum atomic E-state index is -3.86. The fraction of sp³-hybridized carbons (Fsp3) is 0.286. The summed E-state index contributed by atoms with van der Waals surface area (Å²) in [7, 11) is -2.27. The SMILES string of the molecule is Cn1cc(S(=O)(=O)N[C@@H](c2ccc3c(c2)CCCC3)c2cccs2)cc1C(N)=O. The van der Waals surface area contributed by atoms with Crippen LogP contribution >= 0.6 is 11.3 Å². The molecule has 6 nitrogen and oxygen atoms in total. The van der Waals surface area contributed by atoms with E-state index in [1.54, 1.807) is 7.05 Å². The third-order valence-electron chi connectivity index (χ3n) is 5.35. The summed E-state index contributed by atoms with van der Waals surface area (Å²) in [6.07, 6.45) is 5.86. The quantitative estimate of drug-likeness (QED) is 0.630. The van der Waals surface area contributed by atoms with Gasteiger partial charge in [-0.05, 0) is 59.9 Å². The first-order valence-electron chi connectivity index (χ1n) is 9.49. The predicted molar refractivity (Wildman–Crippen MR) is 113 cm³/mol. The van der Waals surface area contributed by atoms with E-state index < -0.39 is 22.0 Å². The van der Waals surface area contributed by atoms with Crippen molar-refractivity contribution in [1.29, 1.82) is 0 Å². The van der Waals surface area contributed by atoms with Crippen molar-refractivity contribution in [3.8, 4) is 0 Å². The third-order valence-corrected chi connectivity index (χ3v) is 7.68. The highest BCUT2D eigenvalue weighted by Gasteiger charge is 2.26. The summed E-state index contributed by atoms with van der Waals surface area (Å²) in [5.74, 6) is -0.668. The maximum atomic E-state index is 13.1. The Morgan fingerprint density at radius 1 is 1.17 bits per heavy atom. The molecule has 1 atom stereocenters. The van der Waals surface area contributed by atoms with Crippen LogP contribution in [0.2, 0.25) is 0 Å². The molecule has 29 heavy (non-hydrogen) atoms. The van der Waals surface area contributed by atoms with Crippen molar-refractivity contribution < 1.29 is 13.2 Å². The fourth-order valence-corrected chi connectivity index (χ4v) is 5.98. The Morgan fingerprint density at radius 2 is 1.93 bits per heavy atom. The van der Waals surface area contributed by atoms with Gasteiger partial charge in [0, 0.05) is 18.1 Å². The molecule has 4 rings (SSSR count). The lowest BCUT2D eigenvalue weighted by Crippen LogP contribution is -2.29. The zero-order valence-corrected chi connectivity index (χ0v) is 17.7. The first kappa shape index (κ1) is 19.9. The van der Waals surface area contributed by atoms with Gasteiger partial charge in [-0.3, -0.25) is 4.79 Å². The first-order chi connectivity index (χ1) is 13.8. The van der Waals surface area contributed by atoms with Crippen LogP contribution in [0.25, 0.3) is 0 Å². The Morgan fingerprint density at radius 3 is 2.59 bits per heavy atom. The van der Waals surface area contributed by atoms with Crippen LogP contribution in [0.4, 0.5) is 0 Å². The number of benzene rings is 1. The molecule has 3 N–H and O–H groups in total. The minimum Gasteiger partial charge on any atom is -0.364 e. The summed E-state index contributed by atoms with van der Waals surface area (Å²) in [5.41, 5.74) is 9.04. The molecule has 1 aromatic carbocycles. The molecule has 0 saturated heterocycles. The lowest BCUT2D eigenvalue weighted by Gasteiger charge is -2.22. The number of fused-ring (bicyclic) bond motifs is 1. The smallest absolute Gasteiger partial charge is 0.265 e. The number of thiophene rings is 1. The number of nitrogens with zero attached hydrogens (tertiary/aromatic N) is 1. The van der Waals surface area contributed by atoms with Crippen LogP contribution in [0.3, 0.4) is 0 Å². The van der Waals surface area contributed by atoms with Gasteiger partial charge >= 0.3 is 0 Å².